The molecule has 0 aliphatic heterocycles. The number of anilines is 3. The van der Waals surface area contributed by atoms with Gasteiger partial charge >= 0.3 is 0 Å². The summed E-state index contributed by atoms with van der Waals surface area (Å²) < 4.78 is 26.2. The van der Waals surface area contributed by atoms with Crippen molar-refractivity contribution in [2.45, 2.75) is 0 Å². The molecule has 0 spiro atoms. The summed E-state index contributed by atoms with van der Waals surface area (Å²) in [4.78, 5) is 20.3. The minimum Gasteiger partial charge on any atom is -0.324 e. The molecule has 0 atom stereocenters. The van der Waals surface area contributed by atoms with Crippen molar-refractivity contribution >= 4 is 34.8 Å². The van der Waals surface area contributed by atoms with Crippen molar-refractivity contribution in [1.82, 2.24) is 9.97 Å². The maximum atomic E-state index is 13.2. The van der Waals surface area contributed by atoms with Crippen molar-refractivity contribution in [3.05, 3.63) is 77.1 Å². The molecule has 0 aliphatic carbocycles. The van der Waals surface area contributed by atoms with Gasteiger partial charge in [-0.15, -0.1) is 0 Å². The standard InChI is InChI=1S/C17H11ClF2N4O/c18-10-2-1-3-11(8-10)22-16(25)15-6-7-21-17(24-15)23-12-4-5-13(19)14(20)9-12/h1-9H,(H,22,25)(H,21,23,24). The number of halogens is 3. The lowest BCUT2D eigenvalue weighted by molar-refractivity contribution is 0.102. The van der Waals surface area contributed by atoms with E-state index in [4.69, 9.17) is 11.6 Å². The van der Waals surface area contributed by atoms with E-state index in [1.54, 1.807) is 24.3 Å². The van der Waals surface area contributed by atoms with Gasteiger partial charge in [0.2, 0.25) is 5.95 Å². The molecule has 0 unspecified atom stereocenters. The van der Waals surface area contributed by atoms with Gasteiger partial charge in [-0.05, 0) is 36.4 Å². The molecule has 8 heteroatoms. The summed E-state index contributed by atoms with van der Waals surface area (Å²) in [7, 11) is 0. The molecule has 0 fully saturated rings. The van der Waals surface area contributed by atoms with E-state index in [-0.39, 0.29) is 17.3 Å². The van der Waals surface area contributed by atoms with Gasteiger partial charge in [0, 0.05) is 28.7 Å². The number of nitrogens with one attached hydrogen (secondary N) is 2. The molecule has 0 saturated heterocycles. The minimum atomic E-state index is -1.00. The molecule has 0 aliphatic rings. The lowest BCUT2D eigenvalue weighted by atomic mass is 10.3. The van der Waals surface area contributed by atoms with Crippen LogP contribution in [0.1, 0.15) is 10.5 Å². The molecule has 1 heterocycles. The van der Waals surface area contributed by atoms with Crippen LogP contribution in [0.5, 0.6) is 0 Å². The predicted octanol–water partition coefficient (Wildman–Crippen LogP) is 4.40. The van der Waals surface area contributed by atoms with E-state index in [0.29, 0.717) is 10.7 Å². The number of nitrogens with zero attached hydrogens (tertiary/aromatic N) is 2. The van der Waals surface area contributed by atoms with E-state index in [1.165, 1.54) is 18.3 Å². The number of amides is 1. The zero-order valence-corrected chi connectivity index (χ0v) is 13.4. The van der Waals surface area contributed by atoms with Crippen LogP contribution < -0.4 is 10.6 Å². The van der Waals surface area contributed by atoms with Crippen molar-refractivity contribution in [3.8, 4) is 0 Å². The lowest BCUT2D eigenvalue weighted by Gasteiger charge is -2.08. The van der Waals surface area contributed by atoms with Gasteiger partial charge in [0.15, 0.2) is 11.6 Å². The molecular formula is C17H11ClF2N4O. The summed E-state index contributed by atoms with van der Waals surface area (Å²) >= 11 is 5.87. The quantitative estimate of drug-likeness (QED) is 0.723. The Morgan fingerprint density at radius 3 is 2.60 bits per heavy atom. The second kappa shape index (κ2) is 7.23. The van der Waals surface area contributed by atoms with Crippen molar-refractivity contribution in [3.63, 3.8) is 0 Å². The Hall–Kier alpha value is -3.06. The number of carbonyl (C=O) groups excluding carboxylic acids is 1. The number of aromatic nitrogens is 2. The third-order valence-electron chi connectivity index (χ3n) is 3.15. The summed E-state index contributed by atoms with van der Waals surface area (Å²) in [6.07, 6.45) is 1.38. The first-order valence-corrected chi connectivity index (χ1v) is 7.51. The number of rotatable bonds is 4. The molecule has 3 rings (SSSR count). The molecule has 126 valence electrons. The zero-order chi connectivity index (χ0) is 17.8. The first kappa shape index (κ1) is 16.8. The Morgan fingerprint density at radius 1 is 1.00 bits per heavy atom. The van der Waals surface area contributed by atoms with Gasteiger partial charge < -0.3 is 10.6 Å². The van der Waals surface area contributed by atoms with Crippen LogP contribution in [0, 0.1) is 11.6 Å². The molecule has 25 heavy (non-hydrogen) atoms. The SMILES string of the molecule is O=C(Nc1cccc(Cl)c1)c1ccnc(Nc2ccc(F)c(F)c2)n1. The highest BCUT2D eigenvalue weighted by molar-refractivity contribution is 6.30. The molecule has 0 radical (unpaired) electrons. The normalized spacial score (nSPS) is 10.4. The maximum Gasteiger partial charge on any atom is 0.274 e. The molecule has 2 N–H and O–H groups in total. The van der Waals surface area contributed by atoms with Gasteiger partial charge in [-0.1, -0.05) is 17.7 Å². The third-order valence-corrected chi connectivity index (χ3v) is 3.38. The van der Waals surface area contributed by atoms with E-state index in [0.717, 1.165) is 12.1 Å². The maximum absolute atomic E-state index is 13.2. The lowest BCUT2D eigenvalue weighted by Crippen LogP contribution is -2.14. The van der Waals surface area contributed by atoms with E-state index in [2.05, 4.69) is 20.6 Å². The van der Waals surface area contributed by atoms with Crippen molar-refractivity contribution < 1.29 is 13.6 Å². The minimum absolute atomic E-state index is 0.0738. The summed E-state index contributed by atoms with van der Waals surface area (Å²) in [6, 6.07) is 11.4. The van der Waals surface area contributed by atoms with E-state index >= 15 is 0 Å². The molecule has 0 bridgehead atoms. The molecule has 5 nitrogen and oxygen atoms in total. The van der Waals surface area contributed by atoms with Crippen LogP contribution in [0.3, 0.4) is 0 Å². The highest BCUT2D eigenvalue weighted by Crippen LogP contribution is 2.18. The molecule has 0 saturated carbocycles. The molecule has 2 aromatic carbocycles. The van der Waals surface area contributed by atoms with Crippen LogP contribution in [0.4, 0.5) is 26.1 Å². The van der Waals surface area contributed by atoms with Crippen LogP contribution >= 0.6 is 11.6 Å². The predicted molar refractivity (Wildman–Crippen MR) is 91.1 cm³/mol. The number of hydrogen-bond donors (Lipinski definition) is 2. The van der Waals surface area contributed by atoms with Gasteiger partial charge in [-0.25, -0.2) is 18.7 Å². The smallest absolute Gasteiger partial charge is 0.274 e. The average molecular weight is 361 g/mol. The van der Waals surface area contributed by atoms with E-state index in [9.17, 15) is 13.6 Å². The summed E-state index contributed by atoms with van der Waals surface area (Å²) in [5.41, 5.74) is 0.873. The number of hydrogen-bond acceptors (Lipinski definition) is 4. The fourth-order valence-electron chi connectivity index (χ4n) is 2.01. The molecule has 3 aromatic rings. The summed E-state index contributed by atoms with van der Waals surface area (Å²) in [5, 5.41) is 5.85. The highest BCUT2D eigenvalue weighted by Gasteiger charge is 2.10. The van der Waals surface area contributed by atoms with Gasteiger partial charge in [0.1, 0.15) is 5.69 Å². The second-order valence-corrected chi connectivity index (χ2v) is 5.42. The van der Waals surface area contributed by atoms with Crippen molar-refractivity contribution in [2.75, 3.05) is 10.6 Å². The van der Waals surface area contributed by atoms with Gasteiger partial charge in [-0.3, -0.25) is 4.79 Å². The Morgan fingerprint density at radius 2 is 1.84 bits per heavy atom. The van der Waals surface area contributed by atoms with E-state index in [1.807, 2.05) is 0 Å². The third kappa shape index (κ3) is 4.27. The zero-order valence-electron chi connectivity index (χ0n) is 12.6. The van der Waals surface area contributed by atoms with Crippen molar-refractivity contribution in [2.24, 2.45) is 0 Å². The van der Waals surface area contributed by atoms with Gasteiger partial charge in [0.05, 0.1) is 0 Å². The monoisotopic (exact) mass is 360 g/mol. The van der Waals surface area contributed by atoms with Crippen LogP contribution in [0.25, 0.3) is 0 Å². The van der Waals surface area contributed by atoms with Crippen LogP contribution in [0.2, 0.25) is 5.02 Å². The van der Waals surface area contributed by atoms with Crippen LogP contribution in [-0.2, 0) is 0 Å². The fraction of sp³-hybridized carbons (Fsp3) is 0. The fourth-order valence-corrected chi connectivity index (χ4v) is 2.20. The second-order valence-electron chi connectivity index (χ2n) is 4.98. The van der Waals surface area contributed by atoms with Crippen LogP contribution in [0.15, 0.2) is 54.7 Å². The summed E-state index contributed by atoms with van der Waals surface area (Å²) in [6.45, 7) is 0. The Bertz CT molecular complexity index is 936. The topological polar surface area (TPSA) is 66.9 Å². The first-order chi connectivity index (χ1) is 12.0. The van der Waals surface area contributed by atoms with Crippen molar-refractivity contribution in [1.29, 1.82) is 0 Å². The number of benzene rings is 2. The van der Waals surface area contributed by atoms with Crippen LogP contribution in [-0.4, -0.2) is 15.9 Å². The molecule has 1 aromatic heterocycles. The Labute approximate surface area is 146 Å². The summed E-state index contributed by atoms with van der Waals surface area (Å²) in [5.74, 6) is -2.34. The number of carbonyl (C=O) groups is 1. The largest absolute Gasteiger partial charge is 0.324 e. The van der Waals surface area contributed by atoms with Gasteiger partial charge in [-0.2, -0.15) is 0 Å². The Kier molecular flexibility index (Phi) is 4.85. The first-order valence-electron chi connectivity index (χ1n) is 7.13. The highest BCUT2D eigenvalue weighted by atomic mass is 35.5. The Balaban J connectivity index is 1.76. The average Bonchev–Trinajstić information content (AvgIpc) is 2.58. The molecule has 1 amide bonds. The molecular weight excluding hydrogens is 350 g/mol. The van der Waals surface area contributed by atoms with E-state index < -0.39 is 17.5 Å². The van der Waals surface area contributed by atoms with Gasteiger partial charge in [0.25, 0.3) is 5.91 Å².